The van der Waals surface area contributed by atoms with Crippen molar-refractivity contribution in [2.24, 2.45) is 0 Å². The molecule has 2 nitrogen and oxygen atoms in total. The zero-order valence-electron chi connectivity index (χ0n) is 9.54. The van der Waals surface area contributed by atoms with Crippen LogP contribution in [0.15, 0.2) is 24.3 Å². The van der Waals surface area contributed by atoms with Crippen molar-refractivity contribution in [3.05, 3.63) is 24.3 Å². The third-order valence-corrected chi connectivity index (χ3v) is 3.34. The van der Waals surface area contributed by atoms with Gasteiger partial charge in [-0.3, -0.25) is 0 Å². The van der Waals surface area contributed by atoms with E-state index in [2.05, 4.69) is 19.6 Å². The van der Waals surface area contributed by atoms with Crippen LogP contribution in [0.2, 0.25) is 25.7 Å². The van der Waals surface area contributed by atoms with Gasteiger partial charge in [0, 0.05) is 14.1 Å². The second-order valence-electron chi connectivity index (χ2n) is 4.36. The van der Waals surface area contributed by atoms with Crippen molar-refractivity contribution in [2.75, 3.05) is 6.61 Å². The van der Waals surface area contributed by atoms with E-state index in [1.54, 1.807) is 12.2 Å². The lowest BCUT2D eigenvalue weighted by Crippen LogP contribution is -2.22. The van der Waals surface area contributed by atoms with Crippen molar-refractivity contribution in [1.82, 2.24) is 0 Å². The number of hydrogen-bond acceptors (Lipinski definition) is 2. The van der Waals surface area contributed by atoms with E-state index in [1.807, 2.05) is 13.0 Å². The summed E-state index contributed by atoms with van der Waals surface area (Å²) < 4.78 is 5.04. The monoisotopic (exact) mass is 212 g/mol. The summed E-state index contributed by atoms with van der Waals surface area (Å²) in [5.74, 6) is -0.249. The van der Waals surface area contributed by atoms with Gasteiger partial charge < -0.3 is 4.74 Å². The molecule has 0 aliphatic carbocycles. The Hall–Kier alpha value is -0.833. The van der Waals surface area contributed by atoms with Gasteiger partial charge in [0.1, 0.15) is 0 Å². The zero-order valence-corrected chi connectivity index (χ0v) is 10.5. The maximum atomic E-state index is 11.1. The molecule has 0 radical (unpaired) electrons. The van der Waals surface area contributed by atoms with Gasteiger partial charge in [0.25, 0.3) is 0 Å². The highest BCUT2D eigenvalue weighted by Gasteiger charge is 2.12. The Morgan fingerprint density at radius 3 is 2.43 bits per heavy atom. The van der Waals surface area contributed by atoms with Crippen LogP contribution in [0.4, 0.5) is 0 Å². The van der Waals surface area contributed by atoms with E-state index < -0.39 is 8.07 Å². The largest absolute Gasteiger partial charge is 0.463 e. The molecule has 80 valence electrons. The molecular weight excluding hydrogens is 192 g/mol. The van der Waals surface area contributed by atoms with Crippen LogP contribution >= 0.6 is 0 Å². The summed E-state index contributed by atoms with van der Waals surface area (Å²) in [5, 5.41) is 0. The van der Waals surface area contributed by atoms with Crippen LogP contribution in [-0.4, -0.2) is 20.7 Å². The molecule has 0 atom stereocenters. The van der Waals surface area contributed by atoms with Gasteiger partial charge in [-0.2, -0.15) is 0 Å². The van der Waals surface area contributed by atoms with Crippen LogP contribution in [0.3, 0.4) is 0 Å². The van der Waals surface area contributed by atoms with Gasteiger partial charge in [0.05, 0.1) is 6.61 Å². The summed E-state index contributed by atoms with van der Waals surface area (Å²) in [6, 6.07) is 1.02. The molecule has 0 aromatic carbocycles. The fourth-order valence-electron chi connectivity index (χ4n) is 0.751. The first-order valence-electron chi connectivity index (χ1n) is 4.92. The van der Waals surface area contributed by atoms with Crippen LogP contribution in [0.1, 0.15) is 6.92 Å². The molecule has 0 fully saturated rings. The molecule has 0 aromatic heterocycles. The van der Waals surface area contributed by atoms with E-state index in [0.717, 1.165) is 6.04 Å². The first kappa shape index (κ1) is 13.2. The molecule has 14 heavy (non-hydrogen) atoms. The standard InChI is InChI=1S/C11H20O2Si/c1-5-6-7-8-11(12)13-9-10-14(2,3)4/h5-8H,9-10H2,1-4H3/b6-5+,8-7+. The van der Waals surface area contributed by atoms with E-state index in [0.29, 0.717) is 6.61 Å². The molecule has 0 unspecified atom stereocenters. The number of ether oxygens (including phenoxy) is 1. The Labute approximate surface area is 87.7 Å². The molecule has 0 heterocycles. The maximum Gasteiger partial charge on any atom is 0.330 e. The van der Waals surface area contributed by atoms with Gasteiger partial charge in [-0.15, -0.1) is 0 Å². The quantitative estimate of drug-likeness (QED) is 0.303. The lowest BCUT2D eigenvalue weighted by atomic mass is 10.4. The summed E-state index contributed by atoms with van der Waals surface area (Å²) in [5.41, 5.74) is 0. The minimum Gasteiger partial charge on any atom is -0.463 e. The Kier molecular flexibility index (Phi) is 6.20. The summed E-state index contributed by atoms with van der Waals surface area (Å²) in [4.78, 5) is 11.1. The van der Waals surface area contributed by atoms with Crippen molar-refractivity contribution >= 4 is 14.0 Å². The minimum absolute atomic E-state index is 0.249. The fourth-order valence-corrected chi connectivity index (χ4v) is 1.47. The molecule has 0 spiro atoms. The highest BCUT2D eigenvalue weighted by molar-refractivity contribution is 6.76. The molecule has 0 aliphatic rings. The van der Waals surface area contributed by atoms with Crippen molar-refractivity contribution in [3.63, 3.8) is 0 Å². The second-order valence-corrected chi connectivity index (χ2v) is 9.98. The topological polar surface area (TPSA) is 26.3 Å². The van der Waals surface area contributed by atoms with E-state index in [9.17, 15) is 4.79 Å². The van der Waals surface area contributed by atoms with Crippen LogP contribution in [0, 0.1) is 0 Å². The van der Waals surface area contributed by atoms with E-state index in [4.69, 9.17) is 4.74 Å². The van der Waals surface area contributed by atoms with Gasteiger partial charge >= 0.3 is 5.97 Å². The molecule has 0 aromatic rings. The molecule has 0 saturated carbocycles. The number of allylic oxidation sites excluding steroid dienone is 3. The van der Waals surface area contributed by atoms with Crippen LogP contribution < -0.4 is 0 Å². The minimum atomic E-state index is -1.08. The maximum absolute atomic E-state index is 11.1. The number of esters is 1. The lowest BCUT2D eigenvalue weighted by Gasteiger charge is -2.14. The van der Waals surface area contributed by atoms with Crippen molar-refractivity contribution in [3.8, 4) is 0 Å². The van der Waals surface area contributed by atoms with Gasteiger partial charge in [0.2, 0.25) is 0 Å². The molecule has 0 bridgehead atoms. The highest BCUT2D eigenvalue weighted by Crippen LogP contribution is 2.07. The highest BCUT2D eigenvalue weighted by atomic mass is 28.3. The molecule has 0 amide bonds. The van der Waals surface area contributed by atoms with E-state index >= 15 is 0 Å². The molecule has 0 rings (SSSR count). The molecule has 3 heteroatoms. The third-order valence-electron chi connectivity index (χ3n) is 1.63. The van der Waals surface area contributed by atoms with Gasteiger partial charge in [-0.25, -0.2) is 4.79 Å². The van der Waals surface area contributed by atoms with Crippen molar-refractivity contribution in [2.45, 2.75) is 32.6 Å². The normalized spacial score (nSPS) is 12.6. The predicted molar refractivity (Wildman–Crippen MR) is 63.1 cm³/mol. The average Bonchev–Trinajstić information content (AvgIpc) is 2.02. The summed E-state index contributed by atoms with van der Waals surface area (Å²) >= 11 is 0. The number of rotatable bonds is 5. The van der Waals surface area contributed by atoms with Crippen LogP contribution in [0.5, 0.6) is 0 Å². The van der Waals surface area contributed by atoms with Gasteiger partial charge in [-0.1, -0.05) is 37.9 Å². The Morgan fingerprint density at radius 1 is 1.29 bits per heavy atom. The predicted octanol–water partition coefficient (Wildman–Crippen LogP) is 3.00. The first-order valence-corrected chi connectivity index (χ1v) is 8.62. The molecule has 0 aliphatic heterocycles. The zero-order chi connectivity index (χ0) is 11.0. The summed E-state index contributed by atoms with van der Waals surface area (Å²) in [6.45, 7) is 9.24. The van der Waals surface area contributed by atoms with Crippen LogP contribution in [-0.2, 0) is 9.53 Å². The number of hydrogen-bond donors (Lipinski definition) is 0. The SMILES string of the molecule is C/C=C/C=C/C(=O)OCC[Si](C)(C)C. The average molecular weight is 212 g/mol. The molecule has 0 N–H and O–H groups in total. The smallest absolute Gasteiger partial charge is 0.330 e. The molecule has 0 saturated heterocycles. The fraction of sp³-hybridized carbons (Fsp3) is 0.545. The second kappa shape index (κ2) is 6.60. The van der Waals surface area contributed by atoms with Crippen molar-refractivity contribution in [1.29, 1.82) is 0 Å². The summed E-state index contributed by atoms with van der Waals surface area (Å²) in [7, 11) is -1.08. The number of carbonyl (C=O) groups is 1. The molecular formula is C11H20O2Si. The Bertz CT molecular complexity index is 224. The van der Waals surface area contributed by atoms with E-state index in [1.165, 1.54) is 6.08 Å². The lowest BCUT2D eigenvalue weighted by molar-refractivity contribution is -0.137. The van der Waals surface area contributed by atoms with Gasteiger partial charge in [0.15, 0.2) is 0 Å². The summed E-state index contributed by atoms with van der Waals surface area (Å²) in [6.07, 6.45) is 6.81. The first-order chi connectivity index (χ1) is 6.45. The van der Waals surface area contributed by atoms with Crippen LogP contribution in [0.25, 0.3) is 0 Å². The number of carbonyl (C=O) groups excluding carboxylic acids is 1. The van der Waals surface area contributed by atoms with Gasteiger partial charge in [-0.05, 0) is 13.0 Å². The van der Waals surface area contributed by atoms with E-state index in [-0.39, 0.29) is 5.97 Å². The Morgan fingerprint density at radius 2 is 1.93 bits per heavy atom. The Balaban J connectivity index is 3.65. The van der Waals surface area contributed by atoms with Crippen molar-refractivity contribution < 1.29 is 9.53 Å². The third kappa shape index (κ3) is 9.26.